The van der Waals surface area contributed by atoms with Crippen LogP contribution in [-0.2, 0) is 19.0 Å². The van der Waals surface area contributed by atoms with Crippen LogP contribution in [0.2, 0.25) is 0 Å². The number of aliphatic hydroxyl groups excluding tert-OH is 4. The van der Waals surface area contributed by atoms with Crippen LogP contribution in [0.5, 0.6) is 0 Å². The monoisotopic (exact) mass is 262 g/mol. The minimum absolute atomic E-state index is 0.550. The molecule has 6 unspecified atom stereocenters. The van der Waals surface area contributed by atoms with Crippen molar-refractivity contribution in [1.29, 1.82) is 0 Å². The Hall–Kier alpha value is -1.03. The highest BCUT2D eigenvalue weighted by Gasteiger charge is 2.45. The van der Waals surface area contributed by atoms with E-state index in [1.807, 2.05) is 0 Å². The minimum Gasteiger partial charge on any atom is -0.429 e. The van der Waals surface area contributed by atoms with Crippen molar-refractivity contribution in [3.05, 3.63) is 12.2 Å². The Balaban J connectivity index is 1.99. The molecule has 2 aliphatic heterocycles. The van der Waals surface area contributed by atoms with Crippen molar-refractivity contribution < 1.29 is 39.4 Å². The summed E-state index contributed by atoms with van der Waals surface area (Å²) in [5.74, 6) is -0.593. The van der Waals surface area contributed by atoms with Crippen molar-refractivity contribution in [2.75, 3.05) is 6.61 Å². The first-order valence-corrected chi connectivity index (χ1v) is 5.37. The first-order valence-electron chi connectivity index (χ1n) is 5.37. The molecule has 8 heteroatoms. The normalized spacial score (nSPS) is 44.1. The number of rotatable bonds is 3. The third-order valence-electron chi connectivity index (χ3n) is 2.74. The van der Waals surface area contributed by atoms with Gasteiger partial charge in [-0.25, -0.2) is 4.79 Å². The smallest absolute Gasteiger partial charge is 0.333 e. The zero-order valence-electron chi connectivity index (χ0n) is 9.25. The minimum atomic E-state index is -1.53. The van der Waals surface area contributed by atoms with Crippen molar-refractivity contribution >= 4 is 5.97 Å². The van der Waals surface area contributed by atoms with Crippen LogP contribution in [0.3, 0.4) is 0 Å². The van der Waals surface area contributed by atoms with Gasteiger partial charge < -0.3 is 34.6 Å². The highest BCUT2D eigenvalue weighted by atomic mass is 16.8. The van der Waals surface area contributed by atoms with Gasteiger partial charge in [0.05, 0.1) is 6.61 Å². The predicted octanol–water partition coefficient (Wildman–Crippen LogP) is -2.76. The predicted molar refractivity (Wildman–Crippen MR) is 53.9 cm³/mol. The average Bonchev–Trinajstić information content (AvgIpc) is 2.75. The zero-order chi connectivity index (χ0) is 13.3. The number of cyclic esters (lactones) is 1. The van der Waals surface area contributed by atoms with Crippen LogP contribution in [0.1, 0.15) is 0 Å². The van der Waals surface area contributed by atoms with Crippen LogP contribution in [0, 0.1) is 0 Å². The maximum Gasteiger partial charge on any atom is 0.333 e. The molecular formula is C10H14O8. The molecule has 0 aliphatic carbocycles. The Morgan fingerprint density at radius 1 is 1.22 bits per heavy atom. The second-order valence-electron chi connectivity index (χ2n) is 4.00. The van der Waals surface area contributed by atoms with Gasteiger partial charge in [0, 0.05) is 6.08 Å². The SMILES string of the molecule is O=C1C=CC(OC2OC(CO)C(O)C(O)C2O)O1. The molecule has 0 aromatic heterocycles. The van der Waals surface area contributed by atoms with Crippen LogP contribution < -0.4 is 0 Å². The quantitative estimate of drug-likeness (QED) is 0.403. The number of hydrogen-bond acceptors (Lipinski definition) is 8. The molecule has 1 fully saturated rings. The fourth-order valence-electron chi connectivity index (χ4n) is 1.74. The fourth-order valence-corrected chi connectivity index (χ4v) is 1.74. The van der Waals surface area contributed by atoms with Crippen molar-refractivity contribution in [2.24, 2.45) is 0 Å². The fraction of sp³-hybridized carbons (Fsp3) is 0.700. The number of esters is 1. The Bertz CT molecular complexity index is 341. The van der Waals surface area contributed by atoms with Gasteiger partial charge in [-0.1, -0.05) is 0 Å². The van der Waals surface area contributed by atoms with Crippen molar-refractivity contribution in [3.8, 4) is 0 Å². The van der Waals surface area contributed by atoms with E-state index < -0.39 is 49.6 Å². The molecule has 102 valence electrons. The molecule has 0 amide bonds. The van der Waals surface area contributed by atoms with Crippen molar-refractivity contribution in [3.63, 3.8) is 0 Å². The molecule has 0 bridgehead atoms. The lowest BCUT2D eigenvalue weighted by Gasteiger charge is -2.39. The highest BCUT2D eigenvalue weighted by Crippen LogP contribution is 2.24. The number of ether oxygens (including phenoxy) is 3. The average molecular weight is 262 g/mol. The van der Waals surface area contributed by atoms with Gasteiger partial charge in [-0.15, -0.1) is 0 Å². The van der Waals surface area contributed by atoms with E-state index in [0.29, 0.717) is 0 Å². The van der Waals surface area contributed by atoms with Crippen LogP contribution in [-0.4, -0.2) is 70.0 Å². The second kappa shape index (κ2) is 5.31. The van der Waals surface area contributed by atoms with Crippen LogP contribution in [0.4, 0.5) is 0 Å². The molecule has 2 aliphatic rings. The molecule has 0 saturated carbocycles. The summed E-state index contributed by atoms with van der Waals surface area (Å²) in [5, 5.41) is 37.6. The molecule has 0 radical (unpaired) electrons. The lowest BCUT2D eigenvalue weighted by Crippen LogP contribution is -2.59. The Kier molecular flexibility index (Phi) is 3.95. The largest absolute Gasteiger partial charge is 0.429 e. The molecule has 0 aromatic carbocycles. The van der Waals surface area contributed by atoms with E-state index in [1.54, 1.807) is 0 Å². The Morgan fingerprint density at radius 3 is 2.50 bits per heavy atom. The third kappa shape index (κ3) is 2.53. The molecule has 6 atom stereocenters. The lowest BCUT2D eigenvalue weighted by molar-refractivity contribution is -0.324. The van der Waals surface area contributed by atoms with Crippen LogP contribution in [0.15, 0.2) is 12.2 Å². The first kappa shape index (κ1) is 13.4. The Morgan fingerprint density at radius 2 is 1.94 bits per heavy atom. The third-order valence-corrected chi connectivity index (χ3v) is 2.74. The molecule has 4 N–H and O–H groups in total. The standard InChI is InChI=1S/C10H14O8/c11-3-4-7(13)8(14)9(15)10(16-4)18-6-2-1-5(12)17-6/h1-2,4,6-11,13-15H,3H2. The maximum absolute atomic E-state index is 10.8. The summed E-state index contributed by atoms with van der Waals surface area (Å²) in [4.78, 5) is 10.8. The van der Waals surface area contributed by atoms with Crippen molar-refractivity contribution in [1.82, 2.24) is 0 Å². The number of hydrogen-bond donors (Lipinski definition) is 4. The van der Waals surface area contributed by atoms with Gasteiger partial charge in [0.2, 0.25) is 6.29 Å². The van der Waals surface area contributed by atoms with Gasteiger partial charge in [-0.3, -0.25) is 0 Å². The lowest BCUT2D eigenvalue weighted by atomic mass is 9.99. The molecule has 2 rings (SSSR count). The van der Waals surface area contributed by atoms with Gasteiger partial charge in [-0.05, 0) is 6.08 Å². The van der Waals surface area contributed by atoms with Crippen LogP contribution >= 0.6 is 0 Å². The molecule has 8 nitrogen and oxygen atoms in total. The van der Waals surface area contributed by atoms with Gasteiger partial charge in [0.15, 0.2) is 6.29 Å². The molecule has 0 spiro atoms. The van der Waals surface area contributed by atoms with Gasteiger partial charge in [-0.2, -0.15) is 0 Å². The summed E-state index contributed by atoms with van der Waals surface area (Å²) in [7, 11) is 0. The van der Waals surface area contributed by atoms with E-state index in [9.17, 15) is 20.1 Å². The van der Waals surface area contributed by atoms with Crippen molar-refractivity contribution in [2.45, 2.75) is 37.0 Å². The summed E-state index contributed by atoms with van der Waals surface area (Å²) in [6.45, 7) is -0.550. The molecular weight excluding hydrogens is 248 g/mol. The van der Waals surface area contributed by atoms with E-state index >= 15 is 0 Å². The molecule has 2 heterocycles. The van der Waals surface area contributed by atoms with Gasteiger partial charge in [0.25, 0.3) is 0 Å². The molecule has 0 aromatic rings. The maximum atomic E-state index is 10.8. The van der Waals surface area contributed by atoms with E-state index in [0.717, 1.165) is 6.08 Å². The number of carbonyl (C=O) groups is 1. The molecule has 1 saturated heterocycles. The zero-order valence-corrected chi connectivity index (χ0v) is 9.25. The van der Waals surface area contributed by atoms with E-state index in [-0.39, 0.29) is 0 Å². The summed E-state index contributed by atoms with van der Waals surface area (Å²) in [5.41, 5.74) is 0. The van der Waals surface area contributed by atoms with Gasteiger partial charge >= 0.3 is 5.97 Å². The van der Waals surface area contributed by atoms with E-state index in [1.165, 1.54) is 6.08 Å². The Labute approximate surface area is 102 Å². The summed E-state index contributed by atoms with van der Waals surface area (Å²) < 4.78 is 14.8. The summed E-state index contributed by atoms with van der Waals surface area (Å²) >= 11 is 0. The molecule has 18 heavy (non-hydrogen) atoms. The first-order chi connectivity index (χ1) is 8.52. The second-order valence-corrected chi connectivity index (χ2v) is 4.00. The van der Waals surface area contributed by atoms with Gasteiger partial charge in [0.1, 0.15) is 24.4 Å². The highest BCUT2D eigenvalue weighted by molar-refractivity contribution is 5.84. The van der Waals surface area contributed by atoms with E-state index in [4.69, 9.17) is 14.6 Å². The summed E-state index contributed by atoms with van der Waals surface area (Å²) in [6.07, 6.45) is -5.45. The van der Waals surface area contributed by atoms with E-state index in [2.05, 4.69) is 4.74 Å². The number of carbonyl (C=O) groups excluding carboxylic acids is 1. The summed E-state index contributed by atoms with van der Waals surface area (Å²) in [6, 6.07) is 0. The topological polar surface area (TPSA) is 126 Å². The van der Waals surface area contributed by atoms with Crippen LogP contribution in [0.25, 0.3) is 0 Å². The number of aliphatic hydroxyl groups is 4.